The molecule has 1 aromatic heterocycles. The fraction of sp³-hybridized carbons (Fsp3) is 0.250. The van der Waals surface area contributed by atoms with Gasteiger partial charge in [0.15, 0.2) is 0 Å². The van der Waals surface area contributed by atoms with Crippen molar-refractivity contribution in [2.45, 2.75) is 12.5 Å². The summed E-state index contributed by atoms with van der Waals surface area (Å²) >= 11 is 7.56. The topological polar surface area (TPSA) is 24.9 Å². The van der Waals surface area contributed by atoms with E-state index < -0.39 is 0 Å². The van der Waals surface area contributed by atoms with Gasteiger partial charge in [0.1, 0.15) is 5.82 Å². The van der Waals surface area contributed by atoms with E-state index in [0.29, 0.717) is 0 Å². The third kappa shape index (κ3) is 2.83. The number of nitrogens with zero attached hydrogens (tertiary/aromatic N) is 1. The van der Waals surface area contributed by atoms with Crippen molar-refractivity contribution in [1.82, 2.24) is 10.3 Å². The number of hydrogen-bond acceptors (Lipinski definition) is 3. The summed E-state index contributed by atoms with van der Waals surface area (Å²) in [5.74, 6) is -0.381. The van der Waals surface area contributed by atoms with E-state index in [9.17, 15) is 4.39 Å². The lowest BCUT2D eigenvalue weighted by atomic mass is 10.0. The van der Waals surface area contributed by atoms with Gasteiger partial charge in [-0.15, -0.1) is 11.3 Å². The van der Waals surface area contributed by atoms with E-state index in [1.807, 2.05) is 19.3 Å². The number of benzene rings is 1. The molecule has 17 heavy (non-hydrogen) atoms. The smallest absolute Gasteiger partial charge is 0.142 e. The van der Waals surface area contributed by atoms with Gasteiger partial charge in [0, 0.05) is 23.5 Å². The average Bonchev–Trinajstić information content (AvgIpc) is 2.83. The van der Waals surface area contributed by atoms with Crippen LogP contribution in [0.1, 0.15) is 16.5 Å². The van der Waals surface area contributed by atoms with E-state index in [1.54, 1.807) is 22.9 Å². The maximum absolute atomic E-state index is 13.4. The largest absolute Gasteiger partial charge is 0.313 e. The molecule has 90 valence electrons. The zero-order valence-corrected chi connectivity index (χ0v) is 10.9. The third-order valence-electron chi connectivity index (χ3n) is 2.59. The zero-order valence-electron chi connectivity index (χ0n) is 9.28. The van der Waals surface area contributed by atoms with Crippen LogP contribution in [0.25, 0.3) is 0 Å². The molecule has 0 amide bonds. The summed E-state index contributed by atoms with van der Waals surface area (Å²) in [7, 11) is 1.84. The number of likely N-dealkylation sites (N-methyl/N-ethyl adjacent to an activating group) is 1. The Bertz CT molecular complexity index is 487. The Kier molecular flexibility index (Phi) is 4.10. The first-order chi connectivity index (χ1) is 8.22. The third-order valence-corrected chi connectivity index (χ3v) is 3.79. The van der Waals surface area contributed by atoms with Crippen molar-refractivity contribution in [2.24, 2.45) is 0 Å². The van der Waals surface area contributed by atoms with Crippen LogP contribution in [0.5, 0.6) is 0 Å². The maximum Gasteiger partial charge on any atom is 0.142 e. The predicted molar refractivity (Wildman–Crippen MR) is 69.0 cm³/mol. The van der Waals surface area contributed by atoms with Gasteiger partial charge < -0.3 is 5.32 Å². The van der Waals surface area contributed by atoms with Gasteiger partial charge in [-0.1, -0.05) is 23.7 Å². The van der Waals surface area contributed by atoms with Crippen LogP contribution in [0.3, 0.4) is 0 Å². The van der Waals surface area contributed by atoms with Crippen LogP contribution in [0.2, 0.25) is 5.02 Å². The summed E-state index contributed by atoms with van der Waals surface area (Å²) in [6, 6.07) is 4.88. The summed E-state index contributed by atoms with van der Waals surface area (Å²) in [5.41, 5.74) is 2.57. The zero-order chi connectivity index (χ0) is 12.3. The van der Waals surface area contributed by atoms with Crippen LogP contribution in [0.4, 0.5) is 4.39 Å². The fourth-order valence-corrected chi connectivity index (χ4v) is 2.60. The molecule has 0 aliphatic rings. The minimum Gasteiger partial charge on any atom is -0.313 e. The molecular formula is C12H12ClFN2S. The van der Waals surface area contributed by atoms with E-state index in [1.165, 1.54) is 6.07 Å². The standard InChI is InChI=1S/C12H12ClFN2S/c1-15-11(5-8-6-16-7-17-8)9-3-2-4-10(14)12(9)13/h2-4,6-7,11,15H,5H2,1H3. The molecule has 0 fully saturated rings. The number of aromatic nitrogens is 1. The van der Waals surface area contributed by atoms with Gasteiger partial charge in [0.25, 0.3) is 0 Å². The van der Waals surface area contributed by atoms with Crippen molar-refractivity contribution >= 4 is 22.9 Å². The van der Waals surface area contributed by atoms with Crippen LogP contribution in [-0.2, 0) is 6.42 Å². The molecule has 2 rings (SSSR count). The highest BCUT2D eigenvalue weighted by atomic mass is 35.5. The van der Waals surface area contributed by atoms with Crippen molar-refractivity contribution in [3.8, 4) is 0 Å². The van der Waals surface area contributed by atoms with Gasteiger partial charge >= 0.3 is 0 Å². The quantitative estimate of drug-likeness (QED) is 0.921. The lowest BCUT2D eigenvalue weighted by molar-refractivity contribution is 0.581. The van der Waals surface area contributed by atoms with Gasteiger partial charge in [0.2, 0.25) is 0 Å². The van der Waals surface area contributed by atoms with Gasteiger partial charge in [-0.2, -0.15) is 0 Å². The first-order valence-electron chi connectivity index (χ1n) is 5.21. The number of hydrogen-bond donors (Lipinski definition) is 1. The van der Waals surface area contributed by atoms with Crippen molar-refractivity contribution in [1.29, 1.82) is 0 Å². The first kappa shape index (κ1) is 12.5. The van der Waals surface area contributed by atoms with Crippen LogP contribution < -0.4 is 5.32 Å². The van der Waals surface area contributed by atoms with Gasteiger partial charge in [0.05, 0.1) is 10.5 Å². The molecule has 0 saturated carbocycles. The molecule has 2 aromatic rings. The van der Waals surface area contributed by atoms with Gasteiger partial charge in [-0.3, -0.25) is 4.98 Å². The number of thiazole rings is 1. The summed E-state index contributed by atoms with van der Waals surface area (Å²) in [6.45, 7) is 0. The number of nitrogens with one attached hydrogen (secondary N) is 1. The molecule has 2 nitrogen and oxygen atoms in total. The second-order valence-electron chi connectivity index (χ2n) is 3.66. The molecule has 5 heteroatoms. The molecule has 0 spiro atoms. The minimum absolute atomic E-state index is 0.00125. The molecule has 1 atom stereocenters. The van der Waals surface area contributed by atoms with E-state index in [0.717, 1.165) is 16.9 Å². The normalized spacial score (nSPS) is 12.6. The maximum atomic E-state index is 13.4. The molecule has 0 radical (unpaired) electrons. The lowest BCUT2D eigenvalue weighted by Crippen LogP contribution is -2.19. The highest BCUT2D eigenvalue weighted by Crippen LogP contribution is 2.28. The Hall–Kier alpha value is -0.970. The minimum atomic E-state index is -0.381. The average molecular weight is 271 g/mol. The SMILES string of the molecule is CNC(Cc1cncs1)c1cccc(F)c1Cl. The van der Waals surface area contributed by atoms with E-state index in [4.69, 9.17) is 11.6 Å². The predicted octanol–water partition coefficient (Wildman–Crippen LogP) is 3.44. The van der Waals surface area contributed by atoms with E-state index in [-0.39, 0.29) is 16.9 Å². The van der Waals surface area contributed by atoms with Crippen molar-refractivity contribution in [3.05, 3.63) is 51.2 Å². The molecule has 0 saturated heterocycles. The van der Waals surface area contributed by atoms with Crippen LogP contribution >= 0.6 is 22.9 Å². The molecule has 1 heterocycles. The highest BCUT2D eigenvalue weighted by Gasteiger charge is 2.16. The van der Waals surface area contributed by atoms with Crippen molar-refractivity contribution < 1.29 is 4.39 Å². The molecular weight excluding hydrogens is 259 g/mol. The van der Waals surface area contributed by atoms with E-state index in [2.05, 4.69) is 10.3 Å². The molecule has 1 aromatic carbocycles. The Morgan fingerprint density at radius 2 is 2.35 bits per heavy atom. The van der Waals surface area contributed by atoms with Gasteiger partial charge in [-0.25, -0.2) is 4.39 Å². The molecule has 0 bridgehead atoms. The molecule has 1 unspecified atom stereocenters. The van der Waals surface area contributed by atoms with Crippen LogP contribution in [0, 0.1) is 5.82 Å². The second kappa shape index (κ2) is 5.58. The first-order valence-corrected chi connectivity index (χ1v) is 6.46. The Balaban J connectivity index is 2.26. The summed E-state index contributed by atoms with van der Waals surface area (Å²) in [4.78, 5) is 5.17. The molecule has 0 aliphatic carbocycles. The van der Waals surface area contributed by atoms with Crippen LogP contribution in [-0.4, -0.2) is 12.0 Å². The number of rotatable bonds is 4. The Morgan fingerprint density at radius 1 is 1.53 bits per heavy atom. The summed E-state index contributed by atoms with van der Waals surface area (Å²) in [5, 5.41) is 3.34. The molecule has 1 N–H and O–H groups in total. The van der Waals surface area contributed by atoms with Crippen molar-refractivity contribution in [3.63, 3.8) is 0 Å². The summed E-state index contributed by atoms with van der Waals surface area (Å²) < 4.78 is 13.4. The Labute approximate surface area is 108 Å². The van der Waals surface area contributed by atoms with Crippen molar-refractivity contribution in [2.75, 3.05) is 7.05 Å². The Morgan fingerprint density at radius 3 is 3.00 bits per heavy atom. The highest BCUT2D eigenvalue weighted by molar-refractivity contribution is 7.09. The monoisotopic (exact) mass is 270 g/mol. The second-order valence-corrected chi connectivity index (χ2v) is 5.01. The fourth-order valence-electron chi connectivity index (χ4n) is 1.70. The molecule has 0 aliphatic heterocycles. The number of halogens is 2. The van der Waals surface area contributed by atoms with Gasteiger partial charge in [-0.05, 0) is 18.7 Å². The summed E-state index contributed by atoms with van der Waals surface area (Å²) in [6.07, 6.45) is 2.58. The lowest BCUT2D eigenvalue weighted by Gasteiger charge is -2.17. The van der Waals surface area contributed by atoms with E-state index >= 15 is 0 Å². The van der Waals surface area contributed by atoms with Crippen LogP contribution in [0.15, 0.2) is 29.9 Å².